The average Bonchev–Trinajstić information content (AvgIpc) is 2.68. The Morgan fingerprint density at radius 2 is 1.94 bits per heavy atom. The molecule has 0 aromatic rings. The van der Waals surface area contributed by atoms with Crippen LogP contribution in [0.1, 0.15) is 45.4 Å². The highest BCUT2D eigenvalue weighted by Gasteiger charge is 2.57. The van der Waals surface area contributed by atoms with Crippen LogP contribution in [-0.4, -0.2) is 30.6 Å². The molecule has 2 rings (SSSR count). The zero-order valence-corrected chi connectivity index (χ0v) is 11.7. The molecule has 1 aliphatic heterocycles. The van der Waals surface area contributed by atoms with Gasteiger partial charge in [-0.25, -0.2) is 8.42 Å². The summed E-state index contributed by atoms with van der Waals surface area (Å²) in [6.45, 7) is 1.67. The lowest BCUT2D eigenvalue weighted by Gasteiger charge is -2.44. The van der Waals surface area contributed by atoms with Crippen molar-refractivity contribution in [1.82, 2.24) is 0 Å². The van der Waals surface area contributed by atoms with E-state index in [4.69, 9.17) is 0 Å². The monoisotopic (exact) mass is 271 g/mol. The quantitative estimate of drug-likeness (QED) is 0.828. The summed E-state index contributed by atoms with van der Waals surface area (Å²) >= 11 is 0. The second kappa shape index (κ2) is 4.50. The maximum Gasteiger partial charge on any atom is 0.152 e. The minimum atomic E-state index is -3.17. The van der Waals surface area contributed by atoms with E-state index in [0.29, 0.717) is 0 Å². The van der Waals surface area contributed by atoms with E-state index >= 15 is 0 Å². The Balaban J connectivity index is 2.29. The van der Waals surface area contributed by atoms with Crippen LogP contribution in [0.2, 0.25) is 0 Å². The fourth-order valence-corrected chi connectivity index (χ4v) is 5.56. The SMILES string of the molecule is CC(O)(C1CCCCC1)C1(C#N)CCS(=O)(=O)C1. The highest BCUT2D eigenvalue weighted by atomic mass is 32.2. The molecule has 1 heterocycles. The molecule has 0 bridgehead atoms. The molecule has 0 radical (unpaired) electrons. The molecule has 0 spiro atoms. The lowest BCUT2D eigenvalue weighted by molar-refractivity contribution is -0.0871. The van der Waals surface area contributed by atoms with Crippen molar-refractivity contribution in [2.45, 2.75) is 51.0 Å². The summed E-state index contributed by atoms with van der Waals surface area (Å²) in [5, 5.41) is 20.3. The first-order chi connectivity index (χ1) is 8.33. The Kier molecular flexibility index (Phi) is 3.46. The maximum atomic E-state index is 11.7. The summed E-state index contributed by atoms with van der Waals surface area (Å²) in [7, 11) is -3.17. The molecule has 0 aromatic carbocycles. The van der Waals surface area contributed by atoms with Crippen molar-refractivity contribution in [3.05, 3.63) is 0 Å². The molecule has 2 fully saturated rings. The number of nitriles is 1. The van der Waals surface area contributed by atoms with E-state index in [-0.39, 0.29) is 23.8 Å². The van der Waals surface area contributed by atoms with Crippen molar-refractivity contribution in [1.29, 1.82) is 5.26 Å². The van der Waals surface area contributed by atoms with Gasteiger partial charge in [0.15, 0.2) is 9.84 Å². The van der Waals surface area contributed by atoms with Gasteiger partial charge in [0.2, 0.25) is 0 Å². The van der Waals surface area contributed by atoms with Crippen molar-refractivity contribution >= 4 is 9.84 Å². The van der Waals surface area contributed by atoms with E-state index in [1.807, 2.05) is 0 Å². The summed E-state index contributed by atoms with van der Waals surface area (Å²) in [5.74, 6) is -0.0946. The molecule has 2 aliphatic rings. The third-order valence-electron chi connectivity index (χ3n) is 4.89. The molecule has 102 valence electrons. The Hall–Kier alpha value is -0.600. The van der Waals surface area contributed by atoms with Gasteiger partial charge in [0.25, 0.3) is 0 Å². The number of rotatable bonds is 2. The molecule has 1 aliphatic carbocycles. The second-order valence-corrected chi connectivity index (χ2v) is 8.20. The molecule has 5 heteroatoms. The number of hydrogen-bond acceptors (Lipinski definition) is 4. The van der Waals surface area contributed by atoms with Gasteiger partial charge in [-0.15, -0.1) is 0 Å². The Bertz CT molecular complexity index is 457. The molecular weight excluding hydrogens is 250 g/mol. The van der Waals surface area contributed by atoms with Crippen molar-refractivity contribution in [3.63, 3.8) is 0 Å². The van der Waals surface area contributed by atoms with Gasteiger partial charge in [0, 0.05) is 0 Å². The summed E-state index contributed by atoms with van der Waals surface area (Å²) < 4.78 is 23.3. The standard InChI is InChI=1S/C13H21NO3S/c1-12(15,11-5-3-2-4-6-11)13(9-14)7-8-18(16,17)10-13/h11,15H,2-8,10H2,1H3. The zero-order valence-electron chi connectivity index (χ0n) is 10.9. The summed E-state index contributed by atoms with van der Waals surface area (Å²) in [6, 6.07) is 2.14. The van der Waals surface area contributed by atoms with E-state index < -0.39 is 20.9 Å². The predicted octanol–water partition coefficient (Wildman–Crippen LogP) is 1.65. The molecule has 1 N–H and O–H groups in total. The van der Waals surface area contributed by atoms with Crippen LogP contribution in [0.15, 0.2) is 0 Å². The minimum absolute atomic E-state index is 0.0312. The first-order valence-electron chi connectivity index (χ1n) is 6.67. The largest absolute Gasteiger partial charge is 0.388 e. The number of hydrogen-bond donors (Lipinski definition) is 1. The van der Waals surface area contributed by atoms with Gasteiger partial charge in [-0.1, -0.05) is 19.3 Å². The van der Waals surface area contributed by atoms with E-state index in [9.17, 15) is 18.8 Å². The molecule has 0 amide bonds. The van der Waals surface area contributed by atoms with Crippen LogP contribution in [0.5, 0.6) is 0 Å². The van der Waals surface area contributed by atoms with Crippen molar-refractivity contribution in [2.24, 2.45) is 11.3 Å². The predicted molar refractivity (Wildman–Crippen MR) is 68.5 cm³/mol. The van der Waals surface area contributed by atoms with E-state index in [2.05, 4.69) is 6.07 Å². The summed E-state index contributed by atoms with van der Waals surface area (Å²) in [5.41, 5.74) is -2.29. The third kappa shape index (κ3) is 2.17. The zero-order chi connectivity index (χ0) is 13.4. The molecule has 1 saturated heterocycles. The van der Waals surface area contributed by atoms with Crippen LogP contribution in [0, 0.1) is 22.7 Å². The van der Waals surface area contributed by atoms with E-state index in [0.717, 1.165) is 25.7 Å². The van der Waals surface area contributed by atoms with Crippen LogP contribution >= 0.6 is 0 Å². The van der Waals surface area contributed by atoms with Gasteiger partial charge < -0.3 is 5.11 Å². The lowest BCUT2D eigenvalue weighted by atomic mass is 9.63. The van der Waals surface area contributed by atoms with Crippen LogP contribution in [0.3, 0.4) is 0 Å². The Morgan fingerprint density at radius 3 is 2.39 bits per heavy atom. The van der Waals surface area contributed by atoms with Crippen molar-refractivity contribution in [3.8, 4) is 6.07 Å². The fraction of sp³-hybridized carbons (Fsp3) is 0.923. The fourth-order valence-electron chi connectivity index (χ4n) is 3.51. The first kappa shape index (κ1) is 13.8. The minimum Gasteiger partial charge on any atom is -0.388 e. The van der Waals surface area contributed by atoms with E-state index in [1.54, 1.807) is 6.92 Å². The van der Waals surface area contributed by atoms with Gasteiger partial charge in [-0.2, -0.15) is 5.26 Å². The Morgan fingerprint density at radius 1 is 1.33 bits per heavy atom. The normalized spacial score (nSPS) is 35.8. The topological polar surface area (TPSA) is 78.2 Å². The van der Waals surface area contributed by atoms with Crippen molar-refractivity contribution in [2.75, 3.05) is 11.5 Å². The smallest absolute Gasteiger partial charge is 0.152 e. The van der Waals surface area contributed by atoms with Gasteiger partial charge >= 0.3 is 0 Å². The van der Waals surface area contributed by atoms with Gasteiger partial charge in [-0.3, -0.25) is 0 Å². The molecule has 0 aromatic heterocycles. The molecule has 2 unspecified atom stereocenters. The van der Waals surface area contributed by atoms with Crippen LogP contribution in [-0.2, 0) is 9.84 Å². The summed E-state index contributed by atoms with van der Waals surface area (Å²) in [6.07, 6.45) is 5.37. The molecule has 18 heavy (non-hydrogen) atoms. The second-order valence-electron chi connectivity index (χ2n) is 6.02. The molecule has 1 saturated carbocycles. The van der Waals surface area contributed by atoms with E-state index in [1.165, 1.54) is 6.42 Å². The van der Waals surface area contributed by atoms with Crippen LogP contribution in [0.25, 0.3) is 0 Å². The van der Waals surface area contributed by atoms with Gasteiger partial charge in [0.05, 0.1) is 23.2 Å². The van der Waals surface area contributed by atoms with Gasteiger partial charge in [-0.05, 0) is 32.1 Å². The molecule has 4 nitrogen and oxygen atoms in total. The lowest BCUT2D eigenvalue weighted by Crippen LogP contribution is -2.52. The highest BCUT2D eigenvalue weighted by molar-refractivity contribution is 7.91. The number of nitrogens with zero attached hydrogens (tertiary/aromatic N) is 1. The van der Waals surface area contributed by atoms with Crippen LogP contribution < -0.4 is 0 Å². The third-order valence-corrected chi connectivity index (χ3v) is 6.65. The first-order valence-corrected chi connectivity index (χ1v) is 8.49. The maximum absolute atomic E-state index is 11.7. The average molecular weight is 271 g/mol. The van der Waals surface area contributed by atoms with Crippen molar-refractivity contribution < 1.29 is 13.5 Å². The summed E-state index contributed by atoms with van der Waals surface area (Å²) in [4.78, 5) is 0. The van der Waals surface area contributed by atoms with Gasteiger partial charge in [0.1, 0.15) is 5.41 Å². The number of aliphatic hydroxyl groups is 1. The highest BCUT2D eigenvalue weighted by Crippen LogP contribution is 2.48. The Labute approximate surface area is 109 Å². The molecular formula is C13H21NO3S. The molecule has 2 atom stereocenters. The van der Waals surface area contributed by atoms with Crippen LogP contribution in [0.4, 0.5) is 0 Å². The number of sulfone groups is 1.